The number of pyridine rings is 1. The molecule has 6 rings (SSSR count). The maximum atomic E-state index is 12.1. The summed E-state index contributed by atoms with van der Waals surface area (Å²) in [6.45, 7) is 4.89. The zero-order valence-corrected chi connectivity index (χ0v) is 24.3. The Labute approximate surface area is 248 Å². The third kappa shape index (κ3) is 6.16. The highest BCUT2D eigenvalue weighted by molar-refractivity contribution is 7.09. The van der Waals surface area contributed by atoms with Crippen molar-refractivity contribution in [3.8, 4) is 6.07 Å². The van der Waals surface area contributed by atoms with Gasteiger partial charge >= 0.3 is 0 Å². The number of aromatic nitrogens is 4. The number of carbonyl (C=O) groups excluding carboxylic acids is 1. The highest BCUT2D eigenvalue weighted by Crippen LogP contribution is 2.29. The van der Waals surface area contributed by atoms with Gasteiger partial charge in [-0.25, -0.2) is 4.98 Å². The first kappa shape index (κ1) is 27.9. The lowest BCUT2D eigenvalue weighted by Crippen LogP contribution is -2.33. The molecule has 8 nitrogen and oxygen atoms in total. The van der Waals surface area contributed by atoms with Crippen LogP contribution < -0.4 is 0 Å². The van der Waals surface area contributed by atoms with Crippen LogP contribution in [0.3, 0.4) is 0 Å². The molecule has 1 fully saturated rings. The van der Waals surface area contributed by atoms with E-state index >= 15 is 0 Å². The Morgan fingerprint density at radius 3 is 2.62 bits per heavy atom. The molecule has 0 amide bonds. The SMILES string of the molecule is CC(=O)c1ccc2nc(CN3CCC(c4cccc(CC(O)c5ccc(C#N)cc5)n4)CC3)n(Cc3cncs3)c2c1. The molecule has 1 atom stereocenters. The lowest BCUT2D eigenvalue weighted by atomic mass is 9.92. The third-order valence-electron chi connectivity index (χ3n) is 8.06. The molecule has 1 aliphatic rings. The van der Waals surface area contributed by atoms with Gasteiger partial charge in [0.25, 0.3) is 0 Å². The van der Waals surface area contributed by atoms with E-state index in [-0.39, 0.29) is 5.78 Å². The molecule has 3 aromatic heterocycles. The minimum Gasteiger partial charge on any atom is -0.388 e. The molecule has 0 radical (unpaired) electrons. The monoisotopic (exact) mass is 576 g/mol. The van der Waals surface area contributed by atoms with Crippen LogP contribution in [0.25, 0.3) is 11.0 Å². The smallest absolute Gasteiger partial charge is 0.159 e. The van der Waals surface area contributed by atoms with Gasteiger partial charge in [0.15, 0.2) is 5.78 Å². The Bertz CT molecular complexity index is 1730. The molecule has 2 aromatic carbocycles. The van der Waals surface area contributed by atoms with E-state index in [0.29, 0.717) is 30.0 Å². The summed E-state index contributed by atoms with van der Waals surface area (Å²) in [5, 5.41) is 19.8. The van der Waals surface area contributed by atoms with E-state index in [1.165, 1.54) is 0 Å². The molecular weight excluding hydrogens is 544 g/mol. The first-order chi connectivity index (χ1) is 20.5. The summed E-state index contributed by atoms with van der Waals surface area (Å²) in [5.74, 6) is 1.41. The van der Waals surface area contributed by atoms with E-state index in [9.17, 15) is 9.90 Å². The fourth-order valence-corrected chi connectivity index (χ4v) is 6.27. The second kappa shape index (κ2) is 12.3. The number of rotatable bonds is 9. The summed E-state index contributed by atoms with van der Waals surface area (Å²) in [6.07, 6.45) is 3.65. The van der Waals surface area contributed by atoms with E-state index in [2.05, 4.69) is 26.6 Å². The van der Waals surface area contributed by atoms with E-state index < -0.39 is 6.10 Å². The van der Waals surface area contributed by atoms with Crippen molar-refractivity contribution >= 4 is 28.2 Å². The average Bonchev–Trinajstić information content (AvgIpc) is 3.65. The maximum Gasteiger partial charge on any atom is 0.159 e. The van der Waals surface area contributed by atoms with Gasteiger partial charge in [0.1, 0.15) is 5.82 Å². The minimum absolute atomic E-state index is 0.0486. The van der Waals surface area contributed by atoms with Crippen LogP contribution in [0.15, 0.2) is 72.4 Å². The van der Waals surface area contributed by atoms with Gasteiger partial charge in [-0.1, -0.05) is 18.2 Å². The standard InChI is InChI=1S/C33H32N6O2S/c1-22(40)26-9-10-30-31(15-26)39(19-28-18-35-21-42-28)33(37-30)20-38-13-11-24(12-14-38)29-4-2-3-27(36-29)16-32(41)25-7-5-23(17-34)6-8-25/h2-10,15,18,21,24,32,41H,11-14,16,19-20H2,1H3. The average molecular weight is 577 g/mol. The Hall–Kier alpha value is -4.23. The Morgan fingerprint density at radius 1 is 1.10 bits per heavy atom. The van der Waals surface area contributed by atoms with Crippen molar-refractivity contribution < 1.29 is 9.90 Å². The van der Waals surface area contributed by atoms with Crippen LogP contribution in [-0.4, -0.2) is 48.4 Å². The molecule has 0 bridgehead atoms. The molecule has 1 N–H and O–H groups in total. The molecule has 0 spiro atoms. The van der Waals surface area contributed by atoms with Crippen LogP contribution >= 0.6 is 11.3 Å². The zero-order chi connectivity index (χ0) is 29.1. The predicted octanol–water partition coefficient (Wildman–Crippen LogP) is 5.67. The number of nitrogens with zero attached hydrogens (tertiary/aromatic N) is 6. The summed E-state index contributed by atoms with van der Waals surface area (Å²) in [7, 11) is 0. The van der Waals surface area contributed by atoms with Crippen molar-refractivity contribution in [2.75, 3.05) is 13.1 Å². The van der Waals surface area contributed by atoms with Gasteiger partial charge in [-0.3, -0.25) is 19.7 Å². The van der Waals surface area contributed by atoms with E-state index in [1.54, 1.807) is 42.5 Å². The van der Waals surface area contributed by atoms with E-state index in [1.807, 2.05) is 42.0 Å². The lowest BCUT2D eigenvalue weighted by Gasteiger charge is -2.31. The Balaban J connectivity index is 1.13. The van der Waals surface area contributed by atoms with Gasteiger partial charge in [-0.15, -0.1) is 11.3 Å². The lowest BCUT2D eigenvalue weighted by molar-refractivity contribution is 0.101. The molecule has 1 unspecified atom stereocenters. The molecule has 0 aliphatic carbocycles. The summed E-state index contributed by atoms with van der Waals surface area (Å²) >= 11 is 1.62. The number of carbonyl (C=O) groups is 1. The number of nitriles is 1. The summed E-state index contributed by atoms with van der Waals surface area (Å²) in [4.78, 5) is 29.8. The second-order valence-electron chi connectivity index (χ2n) is 10.9. The summed E-state index contributed by atoms with van der Waals surface area (Å²) in [5.41, 5.74) is 7.73. The number of aliphatic hydroxyl groups excluding tert-OH is 1. The molecule has 1 aliphatic heterocycles. The molecule has 9 heteroatoms. The molecular formula is C33H32N6O2S. The number of hydrogen-bond donors (Lipinski definition) is 1. The maximum absolute atomic E-state index is 12.1. The van der Waals surface area contributed by atoms with Gasteiger partial charge in [-0.05, 0) is 80.9 Å². The zero-order valence-electron chi connectivity index (χ0n) is 23.5. The quantitative estimate of drug-likeness (QED) is 0.225. The van der Waals surface area contributed by atoms with Crippen LogP contribution in [0, 0.1) is 11.3 Å². The first-order valence-corrected chi connectivity index (χ1v) is 15.1. The number of hydrogen-bond acceptors (Lipinski definition) is 8. The molecule has 0 saturated carbocycles. The van der Waals surface area contributed by atoms with Crippen LogP contribution in [0.1, 0.15) is 75.4 Å². The number of fused-ring (bicyclic) bond motifs is 1. The number of piperidine rings is 1. The highest BCUT2D eigenvalue weighted by Gasteiger charge is 2.24. The van der Waals surface area contributed by atoms with Crippen LogP contribution in [0.5, 0.6) is 0 Å². The first-order valence-electron chi connectivity index (χ1n) is 14.2. The number of Topliss-reactive ketones (excluding diaryl/α,β-unsaturated/α-hetero) is 1. The van der Waals surface area contributed by atoms with Crippen molar-refractivity contribution in [3.05, 3.63) is 111 Å². The Kier molecular flexibility index (Phi) is 8.20. The largest absolute Gasteiger partial charge is 0.388 e. The molecule has 4 heterocycles. The van der Waals surface area contributed by atoms with Crippen molar-refractivity contribution in [1.29, 1.82) is 5.26 Å². The topological polar surface area (TPSA) is 108 Å². The van der Waals surface area contributed by atoms with Gasteiger partial charge in [0, 0.05) is 40.4 Å². The van der Waals surface area contributed by atoms with Gasteiger partial charge in [0.05, 0.1) is 47.4 Å². The van der Waals surface area contributed by atoms with Crippen LogP contribution in [-0.2, 0) is 19.5 Å². The van der Waals surface area contributed by atoms with Crippen molar-refractivity contribution in [2.24, 2.45) is 0 Å². The second-order valence-corrected chi connectivity index (χ2v) is 11.9. The third-order valence-corrected chi connectivity index (χ3v) is 8.82. The van der Waals surface area contributed by atoms with Crippen molar-refractivity contribution in [2.45, 2.75) is 51.3 Å². The number of aliphatic hydroxyl groups is 1. The fraction of sp³-hybridized carbons (Fsp3) is 0.303. The molecule has 5 aromatic rings. The Morgan fingerprint density at radius 2 is 1.90 bits per heavy atom. The number of thiazole rings is 1. The number of likely N-dealkylation sites (tertiary alicyclic amines) is 1. The summed E-state index contributed by atoms with van der Waals surface area (Å²) < 4.78 is 2.23. The fourth-order valence-electron chi connectivity index (χ4n) is 5.69. The van der Waals surface area contributed by atoms with Gasteiger partial charge < -0.3 is 9.67 Å². The number of imidazole rings is 1. The predicted molar refractivity (Wildman–Crippen MR) is 162 cm³/mol. The van der Waals surface area contributed by atoms with Crippen LogP contribution in [0.4, 0.5) is 0 Å². The van der Waals surface area contributed by atoms with Gasteiger partial charge in [0.2, 0.25) is 0 Å². The van der Waals surface area contributed by atoms with Crippen molar-refractivity contribution in [1.82, 2.24) is 24.4 Å². The van der Waals surface area contributed by atoms with E-state index in [0.717, 1.165) is 71.2 Å². The minimum atomic E-state index is -0.668. The molecule has 1 saturated heterocycles. The number of benzene rings is 2. The molecule has 212 valence electrons. The highest BCUT2D eigenvalue weighted by atomic mass is 32.1. The normalized spacial score (nSPS) is 15.1. The number of ketones is 1. The van der Waals surface area contributed by atoms with Crippen LogP contribution in [0.2, 0.25) is 0 Å². The van der Waals surface area contributed by atoms with E-state index in [4.69, 9.17) is 15.2 Å². The van der Waals surface area contributed by atoms with Crippen molar-refractivity contribution in [3.63, 3.8) is 0 Å². The summed E-state index contributed by atoms with van der Waals surface area (Å²) in [6, 6.07) is 21.0. The molecule has 42 heavy (non-hydrogen) atoms. The van der Waals surface area contributed by atoms with Gasteiger partial charge in [-0.2, -0.15) is 5.26 Å².